The molecule has 0 amide bonds. The zero-order valence-corrected chi connectivity index (χ0v) is 14.5. The number of aliphatic hydroxyl groups is 1. The number of aromatic nitrogens is 2. The first-order chi connectivity index (χ1) is 12.7. The summed E-state index contributed by atoms with van der Waals surface area (Å²) >= 11 is 0. The van der Waals surface area contributed by atoms with Crippen molar-refractivity contribution in [1.82, 2.24) is 10.2 Å². The number of para-hydroxylation sites is 1. The Hall–Kier alpha value is -3.12. The fraction of sp³-hybridized carbons (Fsp3) is 0.200. The molecule has 26 heavy (non-hydrogen) atoms. The van der Waals surface area contributed by atoms with Gasteiger partial charge in [0.05, 0.1) is 12.8 Å². The maximum atomic E-state index is 11.9. The van der Waals surface area contributed by atoms with E-state index in [1.807, 2.05) is 54.6 Å². The Morgan fingerprint density at radius 3 is 2.69 bits per heavy atom. The zero-order valence-electron chi connectivity index (χ0n) is 14.5. The number of nitrogens with one attached hydrogen (secondary N) is 2. The van der Waals surface area contributed by atoms with E-state index in [4.69, 9.17) is 4.74 Å². The molecule has 1 heterocycles. The van der Waals surface area contributed by atoms with Crippen LogP contribution >= 0.6 is 0 Å². The molecule has 1 unspecified atom stereocenters. The first-order valence-corrected chi connectivity index (χ1v) is 8.46. The molecule has 3 rings (SSSR count). The first-order valence-electron chi connectivity index (χ1n) is 8.46. The lowest BCUT2D eigenvalue weighted by atomic mass is 10.00. The summed E-state index contributed by atoms with van der Waals surface area (Å²) in [6, 6.07) is 17.0. The van der Waals surface area contributed by atoms with E-state index < -0.39 is 12.1 Å². The van der Waals surface area contributed by atoms with E-state index in [1.165, 1.54) is 0 Å². The number of aromatic amines is 1. The number of carbonyl (C=O) groups is 1. The van der Waals surface area contributed by atoms with Crippen LogP contribution in [0.2, 0.25) is 0 Å². The van der Waals surface area contributed by atoms with Crippen LogP contribution in [0.5, 0.6) is 0 Å². The Kier molecular flexibility index (Phi) is 5.66. The summed E-state index contributed by atoms with van der Waals surface area (Å²) in [4.78, 5) is 11.9. The summed E-state index contributed by atoms with van der Waals surface area (Å²) < 4.78 is 5.02. The summed E-state index contributed by atoms with van der Waals surface area (Å²) in [6.07, 6.45) is 0.851. The minimum atomic E-state index is -0.742. The van der Waals surface area contributed by atoms with E-state index in [9.17, 15) is 9.90 Å². The second-order valence-corrected chi connectivity index (χ2v) is 5.74. The topological polar surface area (TPSA) is 87.2 Å². The Morgan fingerprint density at radius 2 is 1.92 bits per heavy atom. The molecule has 134 valence electrons. The fourth-order valence-corrected chi connectivity index (χ4v) is 2.73. The Balaban J connectivity index is 1.78. The van der Waals surface area contributed by atoms with Crippen LogP contribution in [0.4, 0.5) is 5.69 Å². The molecule has 1 atom stereocenters. The number of ether oxygens (including phenoxy) is 1. The van der Waals surface area contributed by atoms with Crippen LogP contribution in [0.25, 0.3) is 0 Å². The number of hydrogen-bond acceptors (Lipinski definition) is 5. The SMILES string of the molecule is CCOC(=O)c1[nH]ncc1CNc1ccccc1C(O)c1ccccc1. The van der Waals surface area contributed by atoms with Crippen molar-refractivity contribution in [3.05, 3.63) is 83.2 Å². The van der Waals surface area contributed by atoms with Gasteiger partial charge in [-0.1, -0.05) is 48.5 Å². The van der Waals surface area contributed by atoms with Crippen LogP contribution in [0.3, 0.4) is 0 Å². The number of benzene rings is 2. The lowest BCUT2D eigenvalue weighted by Gasteiger charge is -2.17. The molecular weight excluding hydrogens is 330 g/mol. The van der Waals surface area contributed by atoms with E-state index >= 15 is 0 Å². The molecule has 3 N–H and O–H groups in total. The monoisotopic (exact) mass is 351 g/mol. The van der Waals surface area contributed by atoms with Gasteiger partial charge in [0, 0.05) is 23.4 Å². The summed E-state index contributed by atoms with van der Waals surface area (Å²) in [7, 11) is 0. The van der Waals surface area contributed by atoms with Crippen molar-refractivity contribution in [2.24, 2.45) is 0 Å². The third kappa shape index (κ3) is 3.92. The van der Waals surface area contributed by atoms with Gasteiger partial charge in [-0.3, -0.25) is 5.10 Å². The molecule has 3 aromatic rings. The predicted octanol–water partition coefficient (Wildman–Crippen LogP) is 3.28. The van der Waals surface area contributed by atoms with Gasteiger partial charge in [-0.2, -0.15) is 5.10 Å². The second kappa shape index (κ2) is 8.31. The number of aliphatic hydroxyl groups excluding tert-OH is 1. The van der Waals surface area contributed by atoms with Crippen molar-refractivity contribution in [3.8, 4) is 0 Å². The lowest BCUT2D eigenvalue weighted by molar-refractivity contribution is 0.0518. The molecule has 0 aliphatic rings. The van der Waals surface area contributed by atoms with Crippen molar-refractivity contribution in [2.45, 2.75) is 19.6 Å². The fourth-order valence-electron chi connectivity index (χ4n) is 2.73. The Bertz CT molecular complexity index is 862. The van der Waals surface area contributed by atoms with Crippen molar-refractivity contribution in [3.63, 3.8) is 0 Å². The predicted molar refractivity (Wildman–Crippen MR) is 98.8 cm³/mol. The van der Waals surface area contributed by atoms with Gasteiger partial charge in [-0.05, 0) is 18.6 Å². The molecule has 6 nitrogen and oxygen atoms in total. The summed E-state index contributed by atoms with van der Waals surface area (Å²) in [5.41, 5.74) is 3.41. The number of H-pyrrole nitrogens is 1. The maximum Gasteiger partial charge on any atom is 0.356 e. The van der Waals surface area contributed by atoms with Crippen molar-refractivity contribution in [2.75, 3.05) is 11.9 Å². The third-order valence-corrected chi connectivity index (χ3v) is 4.04. The number of rotatable bonds is 7. The molecule has 0 fully saturated rings. The van der Waals surface area contributed by atoms with Gasteiger partial charge in [0.25, 0.3) is 0 Å². The highest BCUT2D eigenvalue weighted by Gasteiger charge is 2.17. The van der Waals surface area contributed by atoms with Crippen LogP contribution in [0.1, 0.15) is 40.2 Å². The highest BCUT2D eigenvalue weighted by atomic mass is 16.5. The molecule has 0 aliphatic carbocycles. The number of nitrogens with zero attached hydrogens (tertiary/aromatic N) is 1. The minimum Gasteiger partial charge on any atom is -0.461 e. The van der Waals surface area contributed by atoms with Crippen molar-refractivity contribution < 1.29 is 14.6 Å². The zero-order chi connectivity index (χ0) is 18.4. The lowest BCUT2D eigenvalue weighted by Crippen LogP contribution is -2.11. The van der Waals surface area contributed by atoms with Gasteiger partial charge < -0.3 is 15.2 Å². The minimum absolute atomic E-state index is 0.302. The Labute approximate surface area is 151 Å². The van der Waals surface area contributed by atoms with E-state index in [1.54, 1.807) is 13.1 Å². The molecular formula is C20H21N3O3. The highest BCUT2D eigenvalue weighted by Crippen LogP contribution is 2.28. The molecule has 2 aromatic carbocycles. The molecule has 0 saturated heterocycles. The molecule has 1 aromatic heterocycles. The average Bonchev–Trinajstić information content (AvgIpc) is 3.16. The van der Waals surface area contributed by atoms with Crippen LogP contribution in [-0.2, 0) is 11.3 Å². The smallest absolute Gasteiger partial charge is 0.356 e. The number of hydrogen-bond donors (Lipinski definition) is 3. The molecule has 0 saturated carbocycles. The first kappa shape index (κ1) is 17.7. The standard InChI is InChI=1S/C20H21N3O3/c1-2-26-20(25)18-15(13-22-23-18)12-21-17-11-7-6-10-16(17)19(24)14-8-4-3-5-9-14/h3-11,13,19,21,24H,2,12H2,1H3,(H,22,23). The Morgan fingerprint density at radius 1 is 1.19 bits per heavy atom. The van der Waals surface area contributed by atoms with Crippen molar-refractivity contribution >= 4 is 11.7 Å². The van der Waals surface area contributed by atoms with E-state index in [2.05, 4.69) is 15.5 Å². The van der Waals surface area contributed by atoms with Gasteiger partial charge in [0.15, 0.2) is 0 Å². The molecule has 0 bridgehead atoms. The van der Waals surface area contributed by atoms with Crippen molar-refractivity contribution in [1.29, 1.82) is 0 Å². The second-order valence-electron chi connectivity index (χ2n) is 5.74. The molecule has 0 spiro atoms. The largest absolute Gasteiger partial charge is 0.461 e. The number of esters is 1. The third-order valence-electron chi connectivity index (χ3n) is 4.04. The molecule has 0 radical (unpaired) electrons. The number of carbonyl (C=O) groups excluding carboxylic acids is 1. The van der Waals surface area contributed by atoms with E-state index in [0.717, 1.165) is 16.8 Å². The normalized spacial score (nSPS) is 11.8. The molecule has 0 aliphatic heterocycles. The molecule has 6 heteroatoms. The summed E-state index contributed by atoms with van der Waals surface area (Å²) in [5, 5.41) is 20.6. The quantitative estimate of drug-likeness (QED) is 0.569. The summed E-state index contributed by atoms with van der Waals surface area (Å²) in [5.74, 6) is -0.431. The number of anilines is 1. The van der Waals surface area contributed by atoms with E-state index in [0.29, 0.717) is 24.4 Å². The van der Waals surface area contributed by atoms with E-state index in [-0.39, 0.29) is 0 Å². The van der Waals surface area contributed by atoms with Crippen LogP contribution in [-0.4, -0.2) is 27.9 Å². The van der Waals surface area contributed by atoms with Crippen LogP contribution in [0.15, 0.2) is 60.8 Å². The van der Waals surface area contributed by atoms with Gasteiger partial charge >= 0.3 is 5.97 Å². The van der Waals surface area contributed by atoms with Gasteiger partial charge in [0.1, 0.15) is 11.8 Å². The van der Waals surface area contributed by atoms with Gasteiger partial charge in [-0.25, -0.2) is 4.79 Å². The summed E-state index contributed by atoms with van der Waals surface area (Å²) in [6.45, 7) is 2.44. The van der Waals surface area contributed by atoms with Crippen LogP contribution in [0, 0.1) is 0 Å². The van der Waals surface area contributed by atoms with Crippen LogP contribution < -0.4 is 5.32 Å². The van der Waals surface area contributed by atoms with Gasteiger partial charge in [-0.15, -0.1) is 0 Å². The average molecular weight is 351 g/mol. The highest BCUT2D eigenvalue weighted by molar-refractivity contribution is 5.88. The maximum absolute atomic E-state index is 11.9. The van der Waals surface area contributed by atoms with Gasteiger partial charge in [0.2, 0.25) is 0 Å².